The van der Waals surface area contributed by atoms with Crippen LogP contribution in [-0.4, -0.2) is 43.6 Å². The number of benzene rings is 3. The lowest BCUT2D eigenvalue weighted by molar-refractivity contribution is 0.102. The molecule has 1 unspecified atom stereocenters. The molecule has 3 amide bonds. The Bertz CT molecular complexity index is 1160. The third-order valence-electron chi connectivity index (χ3n) is 6.31. The van der Waals surface area contributed by atoms with Crippen molar-refractivity contribution >= 4 is 23.3 Å². The Morgan fingerprint density at radius 1 is 0.943 bits per heavy atom. The largest absolute Gasteiger partial charge is 0.496 e. The molecule has 35 heavy (non-hydrogen) atoms. The zero-order valence-corrected chi connectivity index (χ0v) is 20.2. The van der Waals surface area contributed by atoms with Gasteiger partial charge < -0.3 is 20.7 Å². The predicted octanol–water partition coefficient (Wildman–Crippen LogP) is 5.21. The molecule has 1 heterocycles. The van der Waals surface area contributed by atoms with Crippen LogP contribution in [0.25, 0.3) is 0 Å². The molecule has 182 valence electrons. The van der Waals surface area contributed by atoms with Crippen LogP contribution in [0.2, 0.25) is 0 Å². The number of hydrogen-bond acceptors (Lipinski definition) is 4. The van der Waals surface area contributed by atoms with E-state index in [1.165, 1.54) is 0 Å². The second-order valence-electron chi connectivity index (χ2n) is 8.69. The van der Waals surface area contributed by atoms with Crippen molar-refractivity contribution < 1.29 is 14.3 Å². The molecule has 0 spiro atoms. The van der Waals surface area contributed by atoms with Gasteiger partial charge in [-0.2, -0.15) is 0 Å². The van der Waals surface area contributed by atoms with Crippen LogP contribution in [0, 0.1) is 6.92 Å². The number of nitrogens with zero attached hydrogens (tertiary/aromatic N) is 1. The zero-order chi connectivity index (χ0) is 24.6. The van der Waals surface area contributed by atoms with E-state index >= 15 is 0 Å². The van der Waals surface area contributed by atoms with Gasteiger partial charge in [-0.05, 0) is 68.8 Å². The Hall–Kier alpha value is -3.84. The molecule has 0 aromatic heterocycles. The minimum Gasteiger partial charge on any atom is -0.496 e. The summed E-state index contributed by atoms with van der Waals surface area (Å²) in [7, 11) is 1.67. The third kappa shape index (κ3) is 6.19. The molecule has 1 aliphatic heterocycles. The van der Waals surface area contributed by atoms with Gasteiger partial charge in [0.2, 0.25) is 0 Å². The summed E-state index contributed by atoms with van der Waals surface area (Å²) < 4.78 is 5.59. The van der Waals surface area contributed by atoms with E-state index in [0.29, 0.717) is 17.8 Å². The van der Waals surface area contributed by atoms with Gasteiger partial charge in [-0.15, -0.1) is 0 Å². The smallest absolute Gasteiger partial charge is 0.319 e. The highest BCUT2D eigenvalue weighted by atomic mass is 16.5. The van der Waals surface area contributed by atoms with Gasteiger partial charge in [0.25, 0.3) is 5.91 Å². The molecule has 0 bridgehead atoms. The molecule has 7 heteroatoms. The Morgan fingerprint density at radius 3 is 2.40 bits per heavy atom. The second kappa shape index (κ2) is 11.5. The topological polar surface area (TPSA) is 82.7 Å². The molecule has 0 radical (unpaired) electrons. The normalized spacial score (nSPS) is 14.2. The molecule has 0 saturated carbocycles. The van der Waals surface area contributed by atoms with E-state index in [1.54, 1.807) is 19.2 Å². The van der Waals surface area contributed by atoms with Crippen molar-refractivity contribution in [3.05, 3.63) is 89.5 Å². The van der Waals surface area contributed by atoms with Crippen molar-refractivity contribution in [3.8, 4) is 5.75 Å². The molecular weight excluding hydrogens is 440 g/mol. The van der Waals surface area contributed by atoms with Gasteiger partial charge in [0.15, 0.2) is 0 Å². The number of rotatable bonds is 8. The Morgan fingerprint density at radius 2 is 1.66 bits per heavy atom. The summed E-state index contributed by atoms with van der Waals surface area (Å²) in [5.74, 6) is 0.588. The number of aryl methyl sites for hydroxylation is 1. The summed E-state index contributed by atoms with van der Waals surface area (Å²) >= 11 is 0. The quantitative estimate of drug-likeness (QED) is 0.420. The van der Waals surface area contributed by atoms with E-state index in [4.69, 9.17) is 4.74 Å². The number of urea groups is 1. The number of carbonyl (C=O) groups is 2. The Labute approximate surface area is 206 Å². The SMILES string of the molecule is COc1ccccc1C(CNC(=O)Nc1cc(C(=O)Nc2ccccc2)ccc1C)N1CCCC1. The van der Waals surface area contributed by atoms with E-state index in [0.717, 1.165) is 48.5 Å². The maximum absolute atomic E-state index is 12.9. The highest BCUT2D eigenvalue weighted by Crippen LogP contribution is 2.31. The zero-order valence-electron chi connectivity index (χ0n) is 20.2. The Balaban J connectivity index is 1.43. The van der Waals surface area contributed by atoms with Crippen LogP contribution in [-0.2, 0) is 0 Å². The summed E-state index contributed by atoms with van der Waals surface area (Å²) in [6, 6.07) is 22.2. The summed E-state index contributed by atoms with van der Waals surface area (Å²) in [5.41, 5.74) is 3.72. The molecule has 7 nitrogen and oxygen atoms in total. The number of para-hydroxylation sites is 2. The lowest BCUT2D eigenvalue weighted by Crippen LogP contribution is -2.38. The maximum atomic E-state index is 12.9. The van der Waals surface area contributed by atoms with Gasteiger partial charge >= 0.3 is 6.03 Å². The molecule has 3 N–H and O–H groups in total. The monoisotopic (exact) mass is 472 g/mol. The number of ether oxygens (including phenoxy) is 1. The van der Waals surface area contributed by atoms with Gasteiger partial charge in [-0.25, -0.2) is 4.79 Å². The van der Waals surface area contributed by atoms with Crippen molar-refractivity contribution in [3.63, 3.8) is 0 Å². The number of carbonyl (C=O) groups excluding carboxylic acids is 2. The molecule has 3 aromatic rings. The fourth-order valence-corrected chi connectivity index (χ4v) is 4.41. The van der Waals surface area contributed by atoms with E-state index in [9.17, 15) is 9.59 Å². The van der Waals surface area contributed by atoms with Gasteiger partial charge in [-0.3, -0.25) is 9.69 Å². The molecular formula is C28H32N4O3. The average molecular weight is 473 g/mol. The standard InChI is InChI=1S/C28H32N4O3/c1-20-14-15-21(27(33)30-22-10-4-3-5-11-22)18-24(20)31-28(34)29-19-25(32-16-8-9-17-32)23-12-6-7-13-26(23)35-2/h3-7,10-15,18,25H,8-9,16-17,19H2,1-2H3,(H,30,33)(H2,29,31,34). The van der Waals surface area contributed by atoms with Crippen LogP contribution >= 0.6 is 0 Å². The summed E-state index contributed by atoms with van der Waals surface area (Å²) in [4.78, 5) is 27.9. The summed E-state index contributed by atoms with van der Waals surface area (Å²) in [5, 5.41) is 8.82. The van der Waals surface area contributed by atoms with Crippen molar-refractivity contribution in [2.24, 2.45) is 0 Å². The Kier molecular flexibility index (Phi) is 8.00. The van der Waals surface area contributed by atoms with Gasteiger partial charge in [0.1, 0.15) is 5.75 Å². The molecule has 4 rings (SSSR count). The minimum absolute atomic E-state index is 0.0171. The van der Waals surface area contributed by atoms with Crippen molar-refractivity contribution in [1.29, 1.82) is 0 Å². The fraction of sp³-hybridized carbons (Fsp3) is 0.286. The average Bonchev–Trinajstić information content (AvgIpc) is 3.41. The lowest BCUT2D eigenvalue weighted by Gasteiger charge is -2.29. The van der Waals surface area contributed by atoms with Crippen LogP contribution < -0.4 is 20.7 Å². The predicted molar refractivity (Wildman–Crippen MR) is 139 cm³/mol. The molecule has 1 saturated heterocycles. The van der Waals surface area contributed by atoms with Gasteiger partial charge in [0.05, 0.1) is 13.2 Å². The summed E-state index contributed by atoms with van der Waals surface area (Å²) in [6.07, 6.45) is 2.30. The van der Waals surface area contributed by atoms with E-state index < -0.39 is 0 Å². The van der Waals surface area contributed by atoms with E-state index in [-0.39, 0.29) is 18.0 Å². The number of likely N-dealkylation sites (tertiary alicyclic amines) is 1. The first-order valence-electron chi connectivity index (χ1n) is 11.9. The first kappa shape index (κ1) is 24.3. The van der Waals surface area contributed by atoms with Crippen molar-refractivity contribution in [2.45, 2.75) is 25.8 Å². The fourth-order valence-electron chi connectivity index (χ4n) is 4.41. The van der Waals surface area contributed by atoms with Crippen LogP contribution in [0.15, 0.2) is 72.8 Å². The minimum atomic E-state index is -0.312. The highest BCUT2D eigenvalue weighted by Gasteiger charge is 2.26. The van der Waals surface area contributed by atoms with Crippen LogP contribution in [0.4, 0.5) is 16.2 Å². The first-order valence-corrected chi connectivity index (χ1v) is 11.9. The number of anilines is 2. The van der Waals surface area contributed by atoms with Crippen molar-refractivity contribution in [2.75, 3.05) is 37.4 Å². The van der Waals surface area contributed by atoms with Crippen LogP contribution in [0.5, 0.6) is 5.75 Å². The van der Waals surface area contributed by atoms with E-state index in [1.807, 2.05) is 61.5 Å². The van der Waals surface area contributed by atoms with Crippen LogP contribution in [0.1, 0.15) is 40.4 Å². The molecule has 0 aliphatic carbocycles. The van der Waals surface area contributed by atoms with Gasteiger partial charge in [-0.1, -0.05) is 42.5 Å². The highest BCUT2D eigenvalue weighted by molar-refractivity contribution is 6.05. The lowest BCUT2D eigenvalue weighted by atomic mass is 10.0. The van der Waals surface area contributed by atoms with Crippen molar-refractivity contribution in [1.82, 2.24) is 10.2 Å². The number of hydrogen-bond donors (Lipinski definition) is 3. The van der Waals surface area contributed by atoms with E-state index in [2.05, 4.69) is 26.9 Å². The summed E-state index contributed by atoms with van der Waals surface area (Å²) in [6.45, 7) is 4.32. The molecule has 1 fully saturated rings. The number of nitrogens with one attached hydrogen (secondary N) is 3. The van der Waals surface area contributed by atoms with Gasteiger partial charge in [0, 0.05) is 29.0 Å². The third-order valence-corrected chi connectivity index (χ3v) is 6.31. The molecule has 1 atom stereocenters. The maximum Gasteiger partial charge on any atom is 0.319 e. The molecule has 1 aliphatic rings. The van der Waals surface area contributed by atoms with Crippen LogP contribution in [0.3, 0.4) is 0 Å². The first-order chi connectivity index (χ1) is 17.0. The number of methoxy groups -OCH3 is 1. The second-order valence-corrected chi connectivity index (χ2v) is 8.69. The molecule has 3 aromatic carbocycles. The number of amides is 3.